The lowest BCUT2D eigenvalue weighted by atomic mass is 10.0. The van der Waals surface area contributed by atoms with Crippen molar-refractivity contribution < 1.29 is 13.6 Å². The third-order valence-corrected chi connectivity index (χ3v) is 2.33. The van der Waals surface area contributed by atoms with Crippen molar-refractivity contribution >= 4 is 12.1 Å². The third kappa shape index (κ3) is 5.25. The van der Waals surface area contributed by atoms with Gasteiger partial charge in [0, 0.05) is 6.07 Å². The van der Waals surface area contributed by atoms with Crippen LogP contribution in [0.3, 0.4) is 0 Å². The first-order chi connectivity index (χ1) is 8.54. The van der Waals surface area contributed by atoms with E-state index in [9.17, 15) is 13.6 Å². The van der Waals surface area contributed by atoms with Crippen LogP contribution >= 0.6 is 0 Å². The van der Waals surface area contributed by atoms with E-state index in [0.717, 1.165) is 12.5 Å². The largest absolute Gasteiger partial charge is 0.326 e. The molecule has 0 saturated heterocycles. The number of anilines is 1. The average molecular weight is 257 g/mol. The summed E-state index contributed by atoms with van der Waals surface area (Å²) in [6.45, 7) is 8.06. The smallest absolute Gasteiger partial charge is 0.211 e. The first kappa shape index (κ1) is 16.6. The molecule has 0 aromatic heterocycles. The van der Waals surface area contributed by atoms with Gasteiger partial charge in [-0.25, -0.2) is 8.78 Å². The zero-order valence-electron chi connectivity index (χ0n) is 11.4. The summed E-state index contributed by atoms with van der Waals surface area (Å²) in [6.07, 6.45) is 1.76. The van der Waals surface area contributed by atoms with Gasteiger partial charge in [0.15, 0.2) is 0 Å². The van der Waals surface area contributed by atoms with Crippen LogP contribution in [-0.4, -0.2) is 6.41 Å². The number of hydrogen-bond donors (Lipinski definition) is 1. The molecule has 0 radical (unpaired) electrons. The fraction of sp³-hybridized carbons (Fsp3) is 0.500. The molecular formula is C14H21F2NO. The van der Waals surface area contributed by atoms with E-state index in [-0.39, 0.29) is 5.69 Å². The Hall–Kier alpha value is -1.45. The van der Waals surface area contributed by atoms with E-state index in [0.29, 0.717) is 24.3 Å². The summed E-state index contributed by atoms with van der Waals surface area (Å²) < 4.78 is 26.4. The van der Waals surface area contributed by atoms with Crippen molar-refractivity contribution in [3.63, 3.8) is 0 Å². The van der Waals surface area contributed by atoms with Crippen molar-refractivity contribution in [1.82, 2.24) is 0 Å². The molecule has 1 rings (SSSR count). The zero-order valence-corrected chi connectivity index (χ0v) is 11.4. The first-order valence-corrected chi connectivity index (χ1v) is 6.22. The van der Waals surface area contributed by atoms with Crippen molar-refractivity contribution in [3.05, 3.63) is 29.3 Å². The highest BCUT2D eigenvalue weighted by Gasteiger charge is 2.11. The van der Waals surface area contributed by atoms with Gasteiger partial charge < -0.3 is 5.32 Å². The second-order valence-electron chi connectivity index (χ2n) is 4.12. The molecule has 0 fully saturated rings. The minimum Gasteiger partial charge on any atom is -0.326 e. The molecule has 0 aliphatic rings. The summed E-state index contributed by atoms with van der Waals surface area (Å²) in [7, 11) is 0. The predicted molar refractivity (Wildman–Crippen MR) is 70.6 cm³/mol. The number of rotatable bonds is 5. The van der Waals surface area contributed by atoms with Gasteiger partial charge in [0.05, 0.1) is 5.69 Å². The quantitative estimate of drug-likeness (QED) is 0.789. The molecule has 1 amide bonds. The third-order valence-electron chi connectivity index (χ3n) is 2.33. The van der Waals surface area contributed by atoms with Gasteiger partial charge in [0.1, 0.15) is 11.6 Å². The maximum absolute atomic E-state index is 13.4. The summed E-state index contributed by atoms with van der Waals surface area (Å²) in [5.74, 6) is -0.908. The van der Waals surface area contributed by atoms with Gasteiger partial charge in [-0.15, -0.1) is 0 Å². The molecule has 0 saturated carbocycles. The van der Waals surface area contributed by atoms with Crippen molar-refractivity contribution in [1.29, 1.82) is 0 Å². The van der Waals surface area contributed by atoms with Gasteiger partial charge in [-0.3, -0.25) is 4.79 Å². The summed E-state index contributed by atoms with van der Waals surface area (Å²) >= 11 is 0. The van der Waals surface area contributed by atoms with E-state index >= 15 is 0 Å². The van der Waals surface area contributed by atoms with Gasteiger partial charge >= 0.3 is 0 Å². The van der Waals surface area contributed by atoms with Crippen LogP contribution in [-0.2, 0) is 11.2 Å². The SMILES string of the molecule is CC.CC(C)CCc1cc(F)cc(F)c1NC=O. The number of hydrogen-bond acceptors (Lipinski definition) is 1. The van der Waals surface area contributed by atoms with Gasteiger partial charge in [-0.1, -0.05) is 27.7 Å². The van der Waals surface area contributed by atoms with Crippen LogP contribution in [0, 0.1) is 17.6 Å². The lowest BCUT2D eigenvalue weighted by molar-refractivity contribution is -0.105. The Balaban J connectivity index is 0.00000137. The molecule has 4 heteroatoms. The van der Waals surface area contributed by atoms with Crippen LogP contribution in [0.15, 0.2) is 12.1 Å². The Morgan fingerprint density at radius 2 is 1.89 bits per heavy atom. The van der Waals surface area contributed by atoms with Gasteiger partial charge in [0.2, 0.25) is 6.41 Å². The molecule has 0 aliphatic carbocycles. The molecule has 2 nitrogen and oxygen atoms in total. The highest BCUT2D eigenvalue weighted by molar-refractivity contribution is 5.73. The molecule has 18 heavy (non-hydrogen) atoms. The van der Waals surface area contributed by atoms with Gasteiger partial charge in [-0.2, -0.15) is 0 Å². The highest BCUT2D eigenvalue weighted by atomic mass is 19.1. The zero-order chi connectivity index (χ0) is 14.1. The van der Waals surface area contributed by atoms with Crippen LogP contribution in [0.2, 0.25) is 0 Å². The minimum atomic E-state index is -0.731. The van der Waals surface area contributed by atoms with Crippen LogP contribution in [0.1, 0.15) is 39.7 Å². The Bertz CT molecular complexity index is 378. The number of carbonyl (C=O) groups is 1. The Morgan fingerprint density at radius 3 is 2.39 bits per heavy atom. The van der Waals surface area contributed by atoms with Crippen LogP contribution in [0.5, 0.6) is 0 Å². The Morgan fingerprint density at radius 1 is 1.28 bits per heavy atom. The lowest BCUT2D eigenvalue weighted by Gasteiger charge is -2.11. The molecule has 0 unspecified atom stereocenters. The number of nitrogens with one attached hydrogen (secondary N) is 1. The predicted octanol–water partition coefficient (Wildman–Crippen LogP) is 4.15. The second kappa shape index (κ2) is 8.61. The molecule has 0 atom stereocenters. The van der Waals surface area contributed by atoms with Gasteiger partial charge in [-0.05, 0) is 30.4 Å². The fourth-order valence-corrected chi connectivity index (χ4v) is 1.49. The average Bonchev–Trinajstić information content (AvgIpc) is 2.33. The number of benzene rings is 1. The molecule has 1 N–H and O–H groups in total. The number of carbonyl (C=O) groups excluding carboxylic acids is 1. The normalized spacial score (nSPS) is 9.72. The summed E-state index contributed by atoms with van der Waals surface area (Å²) in [5, 5.41) is 2.27. The van der Waals surface area contributed by atoms with E-state index in [1.54, 1.807) is 0 Å². The highest BCUT2D eigenvalue weighted by Crippen LogP contribution is 2.23. The second-order valence-corrected chi connectivity index (χ2v) is 4.12. The summed E-state index contributed by atoms with van der Waals surface area (Å²) in [5.41, 5.74) is 0.579. The van der Waals surface area contributed by atoms with E-state index in [4.69, 9.17) is 0 Å². The molecule has 0 spiro atoms. The Labute approximate surface area is 107 Å². The maximum Gasteiger partial charge on any atom is 0.211 e. The molecule has 0 bridgehead atoms. The summed E-state index contributed by atoms with van der Waals surface area (Å²) in [4.78, 5) is 10.3. The Kier molecular flexibility index (Phi) is 7.92. The van der Waals surface area contributed by atoms with E-state index in [1.165, 1.54) is 6.07 Å². The monoisotopic (exact) mass is 257 g/mol. The van der Waals surface area contributed by atoms with E-state index in [2.05, 4.69) is 5.32 Å². The molecule has 102 valence electrons. The number of amides is 1. The molecule has 0 aliphatic heterocycles. The standard InChI is InChI=1S/C12H15F2NO.C2H6/c1-8(2)3-4-9-5-10(13)6-11(14)12(9)15-7-16;1-2/h5-8H,3-4H2,1-2H3,(H,15,16);1-2H3. The minimum absolute atomic E-state index is 0.0806. The van der Waals surface area contributed by atoms with Crippen molar-refractivity contribution in [2.75, 3.05) is 5.32 Å². The topological polar surface area (TPSA) is 29.1 Å². The van der Waals surface area contributed by atoms with Crippen molar-refractivity contribution in [2.24, 2.45) is 5.92 Å². The van der Waals surface area contributed by atoms with E-state index in [1.807, 2.05) is 27.7 Å². The molecular weight excluding hydrogens is 236 g/mol. The maximum atomic E-state index is 13.4. The molecule has 0 heterocycles. The van der Waals surface area contributed by atoms with Gasteiger partial charge in [0.25, 0.3) is 0 Å². The lowest BCUT2D eigenvalue weighted by Crippen LogP contribution is -2.04. The van der Waals surface area contributed by atoms with Crippen LogP contribution in [0.4, 0.5) is 14.5 Å². The number of halogens is 2. The first-order valence-electron chi connectivity index (χ1n) is 6.22. The molecule has 1 aromatic carbocycles. The summed E-state index contributed by atoms with van der Waals surface area (Å²) in [6, 6.07) is 2.03. The van der Waals surface area contributed by atoms with Crippen LogP contribution in [0.25, 0.3) is 0 Å². The number of aryl methyl sites for hydroxylation is 1. The van der Waals surface area contributed by atoms with Crippen molar-refractivity contribution in [2.45, 2.75) is 40.5 Å². The van der Waals surface area contributed by atoms with Crippen molar-refractivity contribution in [3.8, 4) is 0 Å². The fourth-order valence-electron chi connectivity index (χ4n) is 1.49. The van der Waals surface area contributed by atoms with Crippen LogP contribution < -0.4 is 5.32 Å². The van der Waals surface area contributed by atoms with E-state index < -0.39 is 11.6 Å². The molecule has 1 aromatic rings.